The van der Waals surface area contributed by atoms with Crippen molar-refractivity contribution in [1.29, 1.82) is 0 Å². The fourth-order valence-electron chi connectivity index (χ4n) is 4.85. The van der Waals surface area contributed by atoms with E-state index in [1.807, 2.05) is 38.2 Å². The number of nitrogens with zero attached hydrogens (tertiary/aromatic N) is 2. The molecule has 0 aliphatic heterocycles. The highest BCUT2D eigenvalue weighted by atomic mass is 16.2. The lowest BCUT2D eigenvalue weighted by Gasteiger charge is -2.50. The average Bonchev–Trinajstić information content (AvgIpc) is 2.65. The molecule has 0 saturated heterocycles. The highest BCUT2D eigenvalue weighted by Gasteiger charge is 2.54. The first kappa shape index (κ1) is 16.0. The molecule has 0 amide bonds. The van der Waals surface area contributed by atoms with Crippen LogP contribution in [0.3, 0.4) is 0 Å². The number of ketones is 1. The molecule has 1 saturated carbocycles. The minimum absolute atomic E-state index is 0.0632. The first-order chi connectivity index (χ1) is 12.1. The Bertz CT molecular complexity index is 859. The zero-order valence-corrected chi connectivity index (χ0v) is 14.6. The minimum atomic E-state index is -0.384. The Morgan fingerprint density at radius 1 is 1.28 bits per heavy atom. The summed E-state index contributed by atoms with van der Waals surface area (Å²) in [5, 5.41) is 9.72. The Hall–Kier alpha value is -2.49. The van der Waals surface area contributed by atoms with Gasteiger partial charge in [0, 0.05) is 23.1 Å². The molecule has 4 rings (SSSR count). The number of fused-ring (bicyclic) bond motifs is 3. The summed E-state index contributed by atoms with van der Waals surface area (Å²) in [6.07, 6.45) is 5.25. The lowest BCUT2D eigenvalue weighted by Crippen LogP contribution is -2.51. The minimum Gasteiger partial charge on any atom is -0.515 e. The maximum atomic E-state index is 12.7. The Kier molecular flexibility index (Phi) is 3.71. The molecule has 0 radical (unpaired) electrons. The Morgan fingerprint density at radius 3 is 2.76 bits per heavy atom. The molecule has 2 aromatic rings. The van der Waals surface area contributed by atoms with Crippen molar-refractivity contribution >= 4 is 5.78 Å². The lowest BCUT2D eigenvalue weighted by molar-refractivity contribution is -0.123. The van der Waals surface area contributed by atoms with Crippen LogP contribution in [-0.4, -0.2) is 20.9 Å². The number of aliphatic hydroxyl groups is 1. The van der Waals surface area contributed by atoms with Crippen molar-refractivity contribution in [3.8, 4) is 0 Å². The molecule has 4 nitrogen and oxygen atoms in total. The van der Waals surface area contributed by atoms with Crippen LogP contribution in [0.15, 0.2) is 48.4 Å². The van der Waals surface area contributed by atoms with Crippen molar-refractivity contribution in [1.82, 2.24) is 9.97 Å². The fraction of sp³-hybridized carbons (Fsp3) is 0.381. The molecule has 1 aromatic carbocycles. The predicted octanol–water partition coefficient (Wildman–Crippen LogP) is 3.68. The van der Waals surface area contributed by atoms with Crippen LogP contribution in [0.1, 0.15) is 42.4 Å². The Morgan fingerprint density at radius 2 is 2.04 bits per heavy atom. The van der Waals surface area contributed by atoms with Crippen molar-refractivity contribution in [3.63, 3.8) is 0 Å². The number of Topliss-reactive ketones (excluding diaryl/α,β-unsaturated/α-hetero) is 1. The summed E-state index contributed by atoms with van der Waals surface area (Å²) >= 11 is 0. The fourth-order valence-corrected chi connectivity index (χ4v) is 4.85. The molecule has 0 bridgehead atoms. The molecule has 2 aliphatic carbocycles. The summed E-state index contributed by atoms with van der Waals surface area (Å²) in [4.78, 5) is 21.9. The smallest absolute Gasteiger partial charge is 0.165 e. The summed E-state index contributed by atoms with van der Waals surface area (Å²) in [5.41, 5.74) is 3.46. The number of carbonyl (C=O) groups is 1. The summed E-state index contributed by atoms with van der Waals surface area (Å²) in [7, 11) is 0. The van der Waals surface area contributed by atoms with Crippen LogP contribution in [0, 0.1) is 18.8 Å². The molecule has 3 unspecified atom stereocenters. The Labute approximate surface area is 147 Å². The molecule has 0 spiro atoms. The van der Waals surface area contributed by atoms with Gasteiger partial charge in [-0.25, -0.2) is 9.97 Å². The average molecular weight is 334 g/mol. The van der Waals surface area contributed by atoms with Gasteiger partial charge in [-0.15, -0.1) is 0 Å². The molecule has 1 fully saturated rings. The van der Waals surface area contributed by atoms with E-state index in [0.717, 1.165) is 41.7 Å². The van der Waals surface area contributed by atoms with Crippen LogP contribution < -0.4 is 0 Å². The number of rotatable bonds is 1. The molecule has 4 heteroatoms. The van der Waals surface area contributed by atoms with Gasteiger partial charge in [0.1, 0.15) is 5.82 Å². The molecule has 1 aromatic heterocycles. The van der Waals surface area contributed by atoms with Gasteiger partial charge in [0.15, 0.2) is 5.78 Å². The Balaban J connectivity index is 2.03. The van der Waals surface area contributed by atoms with Crippen LogP contribution in [0.25, 0.3) is 0 Å². The number of aliphatic hydroxyl groups excluding tert-OH is 1. The summed E-state index contributed by atoms with van der Waals surface area (Å²) in [6, 6.07) is 10.3. The van der Waals surface area contributed by atoms with Crippen molar-refractivity contribution in [2.75, 3.05) is 0 Å². The predicted molar refractivity (Wildman–Crippen MR) is 95.3 cm³/mol. The van der Waals surface area contributed by atoms with E-state index in [1.165, 1.54) is 0 Å². The van der Waals surface area contributed by atoms with E-state index in [2.05, 4.69) is 17.1 Å². The number of hydrogen-bond donors (Lipinski definition) is 1. The summed E-state index contributed by atoms with van der Waals surface area (Å²) in [6.45, 7) is 3.90. The number of benzene rings is 1. The van der Waals surface area contributed by atoms with Gasteiger partial charge in [0.2, 0.25) is 0 Å². The lowest BCUT2D eigenvalue weighted by atomic mass is 9.52. The molecular weight excluding hydrogens is 312 g/mol. The van der Waals surface area contributed by atoms with E-state index in [1.54, 1.807) is 0 Å². The second kappa shape index (κ2) is 5.80. The number of hydrogen-bond acceptors (Lipinski definition) is 4. The van der Waals surface area contributed by atoms with E-state index in [9.17, 15) is 9.90 Å². The maximum Gasteiger partial charge on any atom is 0.165 e. The highest BCUT2D eigenvalue weighted by molar-refractivity contribution is 5.98. The van der Waals surface area contributed by atoms with Crippen LogP contribution in [0.4, 0.5) is 0 Å². The number of aromatic nitrogens is 2. The van der Waals surface area contributed by atoms with Gasteiger partial charge < -0.3 is 5.11 Å². The first-order valence-corrected chi connectivity index (χ1v) is 8.84. The molecule has 25 heavy (non-hydrogen) atoms. The first-order valence-electron chi connectivity index (χ1n) is 8.84. The molecule has 1 heterocycles. The van der Waals surface area contributed by atoms with Gasteiger partial charge in [-0.2, -0.15) is 0 Å². The third kappa shape index (κ3) is 2.24. The van der Waals surface area contributed by atoms with Crippen LogP contribution in [-0.2, 0) is 16.6 Å². The normalized spacial score (nSPS) is 30.0. The summed E-state index contributed by atoms with van der Waals surface area (Å²) < 4.78 is 0. The molecular formula is C21H22N2O2. The zero-order valence-electron chi connectivity index (χ0n) is 14.6. The zero-order chi connectivity index (χ0) is 17.6. The molecule has 2 aliphatic rings. The molecule has 128 valence electrons. The monoisotopic (exact) mass is 334 g/mol. The molecule has 1 N–H and O–H groups in total. The van der Waals surface area contributed by atoms with Crippen LogP contribution in [0.5, 0.6) is 0 Å². The molecule has 3 atom stereocenters. The topological polar surface area (TPSA) is 63.1 Å². The van der Waals surface area contributed by atoms with E-state index < -0.39 is 0 Å². The largest absolute Gasteiger partial charge is 0.515 e. The van der Waals surface area contributed by atoms with Crippen molar-refractivity contribution in [2.24, 2.45) is 11.8 Å². The van der Waals surface area contributed by atoms with E-state index in [0.29, 0.717) is 12.0 Å². The van der Waals surface area contributed by atoms with Crippen LogP contribution in [0.2, 0.25) is 0 Å². The SMILES string of the molecule is Cc1ncc2c(n1)C1(c3ccccc3)C/C(=C/O)C(=O)C(C)C1CC2. The summed E-state index contributed by atoms with van der Waals surface area (Å²) in [5.74, 6) is 0.839. The quantitative estimate of drug-likeness (QED) is 0.638. The van der Waals surface area contributed by atoms with E-state index in [4.69, 9.17) is 4.98 Å². The van der Waals surface area contributed by atoms with Gasteiger partial charge in [0.05, 0.1) is 12.0 Å². The van der Waals surface area contributed by atoms with E-state index in [-0.39, 0.29) is 23.0 Å². The van der Waals surface area contributed by atoms with Gasteiger partial charge in [-0.05, 0) is 43.2 Å². The van der Waals surface area contributed by atoms with Gasteiger partial charge >= 0.3 is 0 Å². The number of carbonyl (C=O) groups excluding carboxylic acids is 1. The van der Waals surface area contributed by atoms with Crippen molar-refractivity contribution < 1.29 is 9.90 Å². The number of allylic oxidation sites excluding steroid dienone is 1. The maximum absolute atomic E-state index is 12.7. The number of aryl methyl sites for hydroxylation is 2. The standard InChI is InChI=1S/C21H22N2O2/c1-13-18-9-8-15-11-22-14(2)23-20(15)21(18,10-16(12-24)19(13)25)17-6-4-3-5-7-17/h3-7,11-13,18,24H,8-10H2,1-2H3/b16-12-. The van der Waals surface area contributed by atoms with Gasteiger partial charge in [-0.3, -0.25) is 4.79 Å². The second-order valence-corrected chi connectivity index (χ2v) is 7.26. The second-order valence-electron chi connectivity index (χ2n) is 7.26. The highest BCUT2D eigenvalue weighted by Crippen LogP contribution is 2.55. The van der Waals surface area contributed by atoms with Gasteiger partial charge in [-0.1, -0.05) is 37.3 Å². The van der Waals surface area contributed by atoms with Crippen LogP contribution >= 0.6 is 0 Å². The third-order valence-electron chi connectivity index (χ3n) is 6.01. The van der Waals surface area contributed by atoms with Gasteiger partial charge in [0.25, 0.3) is 0 Å². The van der Waals surface area contributed by atoms with Crippen molar-refractivity contribution in [3.05, 3.63) is 71.0 Å². The third-order valence-corrected chi connectivity index (χ3v) is 6.01. The van der Waals surface area contributed by atoms with E-state index >= 15 is 0 Å². The van der Waals surface area contributed by atoms with Crippen molar-refractivity contribution in [2.45, 2.75) is 38.5 Å².